The van der Waals surface area contributed by atoms with Gasteiger partial charge in [0.1, 0.15) is 0 Å². The zero-order valence-corrected chi connectivity index (χ0v) is 12.0. The number of aromatic nitrogens is 2. The summed E-state index contributed by atoms with van der Waals surface area (Å²) in [6.45, 7) is 5.62. The maximum Gasteiger partial charge on any atom is 0.0556 e. The molecule has 0 amide bonds. The minimum Gasteiger partial charge on any atom is -0.311 e. The van der Waals surface area contributed by atoms with E-state index in [0.717, 1.165) is 24.8 Å². The topological polar surface area (TPSA) is 29.9 Å². The van der Waals surface area contributed by atoms with Gasteiger partial charge in [0.15, 0.2) is 0 Å². The molecule has 102 valence electrons. The van der Waals surface area contributed by atoms with Crippen molar-refractivity contribution in [2.45, 2.75) is 58.5 Å². The number of hydrogen-bond acceptors (Lipinski definition) is 2. The average molecular weight is 249 g/mol. The van der Waals surface area contributed by atoms with Crippen LogP contribution in [-0.4, -0.2) is 16.8 Å². The van der Waals surface area contributed by atoms with Crippen LogP contribution in [0.25, 0.3) is 0 Å². The molecule has 1 aliphatic carbocycles. The Morgan fingerprint density at radius 1 is 1.39 bits per heavy atom. The van der Waals surface area contributed by atoms with Gasteiger partial charge in [-0.3, -0.25) is 4.68 Å². The summed E-state index contributed by atoms with van der Waals surface area (Å²) in [5.74, 6) is 1.69. The molecule has 3 nitrogen and oxygen atoms in total. The van der Waals surface area contributed by atoms with E-state index in [2.05, 4.69) is 42.1 Å². The molecule has 0 spiro atoms. The van der Waals surface area contributed by atoms with Crippen LogP contribution in [0, 0.1) is 11.8 Å². The van der Waals surface area contributed by atoms with Crippen molar-refractivity contribution in [3.8, 4) is 0 Å². The fraction of sp³-hybridized carbons (Fsp3) is 0.800. The molecule has 1 N–H and O–H groups in total. The van der Waals surface area contributed by atoms with Crippen LogP contribution in [0.15, 0.2) is 12.3 Å². The molecule has 0 saturated heterocycles. The molecule has 1 fully saturated rings. The number of rotatable bonds is 5. The predicted octanol–water partition coefficient (Wildman–Crippen LogP) is 3.38. The summed E-state index contributed by atoms with van der Waals surface area (Å²) in [5.41, 5.74) is 1.37. The van der Waals surface area contributed by atoms with Crippen LogP contribution in [-0.2, 0) is 6.54 Å². The Morgan fingerprint density at radius 2 is 2.11 bits per heavy atom. The Kier molecular flexibility index (Phi) is 4.81. The van der Waals surface area contributed by atoms with E-state index in [1.54, 1.807) is 0 Å². The van der Waals surface area contributed by atoms with E-state index in [1.807, 2.05) is 6.20 Å². The number of nitrogens with one attached hydrogen (secondary N) is 1. The fourth-order valence-electron chi connectivity index (χ4n) is 3.25. The van der Waals surface area contributed by atoms with Crippen LogP contribution >= 0.6 is 0 Å². The largest absolute Gasteiger partial charge is 0.311 e. The van der Waals surface area contributed by atoms with E-state index in [0.29, 0.717) is 6.04 Å². The summed E-state index contributed by atoms with van der Waals surface area (Å²) in [6, 6.07) is 2.67. The molecule has 1 aromatic heterocycles. The third-order valence-corrected chi connectivity index (χ3v) is 4.35. The lowest BCUT2D eigenvalue weighted by Crippen LogP contribution is -2.30. The minimum atomic E-state index is 0.478. The Bertz CT molecular complexity index is 350. The third-order valence-electron chi connectivity index (χ3n) is 4.35. The minimum absolute atomic E-state index is 0.478. The van der Waals surface area contributed by atoms with Gasteiger partial charge in [0.05, 0.1) is 11.7 Å². The standard InChI is InChI=1S/C15H27N3/c1-4-11-18-14(9-10-17-18)15(16-3)13-7-5-12(2)6-8-13/h9-10,12-13,15-16H,4-8,11H2,1-3H3. The molecule has 1 aliphatic rings. The molecule has 1 saturated carbocycles. The molecule has 3 heteroatoms. The fourth-order valence-corrected chi connectivity index (χ4v) is 3.25. The summed E-state index contributed by atoms with van der Waals surface area (Å²) >= 11 is 0. The second kappa shape index (κ2) is 6.37. The highest BCUT2D eigenvalue weighted by molar-refractivity contribution is 5.09. The van der Waals surface area contributed by atoms with Crippen LogP contribution < -0.4 is 5.32 Å². The van der Waals surface area contributed by atoms with Crippen molar-refractivity contribution in [1.29, 1.82) is 0 Å². The molecule has 1 unspecified atom stereocenters. The summed E-state index contributed by atoms with van der Waals surface area (Å²) < 4.78 is 2.18. The van der Waals surface area contributed by atoms with Crippen molar-refractivity contribution >= 4 is 0 Å². The van der Waals surface area contributed by atoms with E-state index < -0.39 is 0 Å². The Morgan fingerprint density at radius 3 is 2.72 bits per heavy atom. The highest BCUT2D eigenvalue weighted by Gasteiger charge is 2.28. The Hall–Kier alpha value is -0.830. The van der Waals surface area contributed by atoms with E-state index in [4.69, 9.17) is 0 Å². The van der Waals surface area contributed by atoms with Crippen LogP contribution in [0.4, 0.5) is 0 Å². The van der Waals surface area contributed by atoms with E-state index in [1.165, 1.54) is 31.4 Å². The molecule has 2 rings (SSSR count). The van der Waals surface area contributed by atoms with Gasteiger partial charge in [0.2, 0.25) is 0 Å². The SMILES string of the molecule is CCCn1nccc1C(NC)C1CCC(C)CC1. The normalized spacial score (nSPS) is 26.2. The Labute approximate surface area is 111 Å². The van der Waals surface area contributed by atoms with Crippen LogP contribution in [0.2, 0.25) is 0 Å². The lowest BCUT2D eigenvalue weighted by molar-refractivity contribution is 0.230. The van der Waals surface area contributed by atoms with Crippen molar-refractivity contribution in [3.63, 3.8) is 0 Å². The maximum absolute atomic E-state index is 4.46. The summed E-state index contributed by atoms with van der Waals surface area (Å²) in [6.07, 6.45) is 8.55. The predicted molar refractivity (Wildman–Crippen MR) is 75.4 cm³/mol. The quantitative estimate of drug-likeness (QED) is 0.867. The number of aryl methyl sites for hydroxylation is 1. The molecule has 1 heterocycles. The molecule has 0 aromatic carbocycles. The zero-order valence-electron chi connectivity index (χ0n) is 12.0. The number of nitrogens with zero attached hydrogens (tertiary/aromatic N) is 2. The first-order valence-corrected chi connectivity index (χ1v) is 7.45. The van der Waals surface area contributed by atoms with Crippen molar-refractivity contribution in [2.24, 2.45) is 11.8 Å². The van der Waals surface area contributed by atoms with Gasteiger partial charge in [-0.15, -0.1) is 0 Å². The lowest BCUT2D eigenvalue weighted by Gasteiger charge is -2.32. The van der Waals surface area contributed by atoms with Gasteiger partial charge in [0, 0.05) is 12.7 Å². The molecule has 1 aromatic rings. The van der Waals surface area contributed by atoms with E-state index in [-0.39, 0.29) is 0 Å². The van der Waals surface area contributed by atoms with Gasteiger partial charge in [-0.25, -0.2) is 0 Å². The average Bonchev–Trinajstić information content (AvgIpc) is 2.82. The molecular weight excluding hydrogens is 222 g/mol. The molecule has 1 atom stereocenters. The highest BCUT2D eigenvalue weighted by Crippen LogP contribution is 2.36. The summed E-state index contributed by atoms with van der Waals surface area (Å²) in [7, 11) is 2.09. The molecule has 0 aliphatic heterocycles. The van der Waals surface area contributed by atoms with E-state index in [9.17, 15) is 0 Å². The van der Waals surface area contributed by atoms with E-state index >= 15 is 0 Å². The lowest BCUT2D eigenvalue weighted by atomic mass is 9.78. The second-order valence-electron chi connectivity index (χ2n) is 5.77. The monoisotopic (exact) mass is 249 g/mol. The van der Waals surface area contributed by atoms with Crippen LogP contribution in [0.5, 0.6) is 0 Å². The van der Waals surface area contributed by atoms with Gasteiger partial charge in [-0.2, -0.15) is 5.10 Å². The number of hydrogen-bond donors (Lipinski definition) is 1. The van der Waals surface area contributed by atoms with Gasteiger partial charge in [-0.1, -0.05) is 26.7 Å². The third kappa shape index (κ3) is 2.94. The smallest absolute Gasteiger partial charge is 0.0556 e. The van der Waals surface area contributed by atoms with Gasteiger partial charge < -0.3 is 5.32 Å². The van der Waals surface area contributed by atoms with Gasteiger partial charge in [-0.05, 0) is 44.2 Å². The van der Waals surface area contributed by atoms with Crippen molar-refractivity contribution < 1.29 is 0 Å². The summed E-state index contributed by atoms with van der Waals surface area (Å²) in [5, 5.41) is 7.99. The Balaban J connectivity index is 2.09. The maximum atomic E-state index is 4.46. The summed E-state index contributed by atoms with van der Waals surface area (Å²) in [4.78, 5) is 0. The highest BCUT2D eigenvalue weighted by atomic mass is 15.3. The van der Waals surface area contributed by atoms with Crippen molar-refractivity contribution in [1.82, 2.24) is 15.1 Å². The molecular formula is C15H27N3. The van der Waals surface area contributed by atoms with Crippen LogP contribution in [0.3, 0.4) is 0 Å². The van der Waals surface area contributed by atoms with Gasteiger partial charge >= 0.3 is 0 Å². The first kappa shape index (κ1) is 13.6. The van der Waals surface area contributed by atoms with Crippen molar-refractivity contribution in [3.05, 3.63) is 18.0 Å². The second-order valence-corrected chi connectivity index (χ2v) is 5.77. The molecule has 0 radical (unpaired) electrons. The first-order valence-electron chi connectivity index (χ1n) is 7.45. The first-order chi connectivity index (χ1) is 8.76. The molecule has 18 heavy (non-hydrogen) atoms. The van der Waals surface area contributed by atoms with Crippen molar-refractivity contribution in [2.75, 3.05) is 7.05 Å². The zero-order chi connectivity index (χ0) is 13.0. The molecule has 0 bridgehead atoms. The van der Waals surface area contributed by atoms with Gasteiger partial charge in [0.25, 0.3) is 0 Å². The van der Waals surface area contributed by atoms with Crippen LogP contribution in [0.1, 0.15) is 57.7 Å².